The number of halogens is 5. The van der Waals surface area contributed by atoms with Gasteiger partial charge in [0.25, 0.3) is 5.91 Å². The van der Waals surface area contributed by atoms with Crippen molar-refractivity contribution < 1.29 is 32.3 Å². The highest BCUT2D eigenvalue weighted by atomic mass is 35.5. The van der Waals surface area contributed by atoms with E-state index in [1.54, 1.807) is 0 Å². The Kier molecular flexibility index (Phi) is 8.11. The summed E-state index contributed by atoms with van der Waals surface area (Å²) in [7, 11) is 0. The van der Waals surface area contributed by atoms with Crippen LogP contribution in [0.25, 0.3) is 5.69 Å². The van der Waals surface area contributed by atoms with E-state index in [0.717, 1.165) is 0 Å². The predicted molar refractivity (Wildman–Crippen MR) is 129 cm³/mol. The van der Waals surface area contributed by atoms with E-state index in [1.807, 2.05) is 0 Å². The third-order valence-electron chi connectivity index (χ3n) is 5.58. The molecule has 1 aliphatic carbocycles. The molecule has 16 heteroatoms. The number of urea groups is 1. The molecule has 4 rings (SSSR count). The Balaban J connectivity index is 1.47. The van der Waals surface area contributed by atoms with E-state index in [1.165, 1.54) is 53.6 Å². The number of aliphatic hydroxyl groups is 1. The van der Waals surface area contributed by atoms with Gasteiger partial charge < -0.3 is 15.7 Å². The number of hydrogen-bond acceptors (Lipinski definition) is 7. The van der Waals surface area contributed by atoms with Crippen molar-refractivity contribution in [1.29, 1.82) is 5.41 Å². The van der Waals surface area contributed by atoms with Crippen LogP contribution in [0.5, 0.6) is 0 Å². The molecule has 1 aromatic carbocycles. The number of carbonyl (C=O) groups is 2. The summed E-state index contributed by atoms with van der Waals surface area (Å²) in [5.41, 5.74) is 0.260. The second-order valence-electron chi connectivity index (χ2n) is 8.49. The lowest BCUT2D eigenvalue weighted by Gasteiger charge is -2.26. The number of aromatic nitrogens is 4. The number of rotatable bonds is 8. The van der Waals surface area contributed by atoms with Crippen molar-refractivity contribution in [2.75, 3.05) is 6.54 Å². The predicted octanol–water partition coefficient (Wildman–Crippen LogP) is 2.62. The van der Waals surface area contributed by atoms with Gasteiger partial charge in [0, 0.05) is 23.2 Å². The van der Waals surface area contributed by atoms with Crippen LogP contribution in [0.2, 0.25) is 5.02 Å². The lowest BCUT2D eigenvalue weighted by atomic mass is 10.2. The summed E-state index contributed by atoms with van der Waals surface area (Å²) in [5.74, 6) is -1.21. The van der Waals surface area contributed by atoms with Crippen LogP contribution < -0.4 is 10.6 Å². The van der Waals surface area contributed by atoms with Gasteiger partial charge in [0.2, 0.25) is 0 Å². The first-order chi connectivity index (χ1) is 18.4. The minimum Gasteiger partial charge on any atom is -0.382 e. The van der Waals surface area contributed by atoms with E-state index in [-0.39, 0.29) is 35.7 Å². The normalized spacial score (nSPS) is 17.3. The van der Waals surface area contributed by atoms with Gasteiger partial charge in [0.15, 0.2) is 17.6 Å². The third-order valence-corrected chi connectivity index (χ3v) is 5.83. The lowest BCUT2D eigenvalue weighted by Crippen LogP contribution is -2.50. The van der Waals surface area contributed by atoms with Gasteiger partial charge >= 0.3 is 12.2 Å². The maximum absolute atomic E-state index is 13.2. The molecule has 0 aliphatic heterocycles. The highest BCUT2D eigenvalue weighted by Crippen LogP contribution is 2.25. The van der Waals surface area contributed by atoms with Crippen molar-refractivity contribution in [1.82, 2.24) is 35.3 Å². The van der Waals surface area contributed by atoms with Crippen LogP contribution in [0.4, 0.5) is 22.4 Å². The molecule has 2 aromatic heterocycles. The number of amidine groups is 1. The molecule has 0 spiro atoms. The van der Waals surface area contributed by atoms with Gasteiger partial charge in [-0.15, -0.1) is 5.10 Å². The molecule has 0 bridgehead atoms. The standard InChI is InChI=1S/C23H21ClF4N8O3/c24-13-5-3-12(4-6-13)20(29)35(10-17(37)23(26,27)28)22(39)31-9-18-32-11-36(34-18)16-2-1-7-30-19(16)21(38)33-15-8-14(15)25/h1-7,11,14-15,17,29,37H,8-10H2,(H,31,39)(H,33,38)/t14-,15+,17+/m0/s1. The van der Waals surface area contributed by atoms with Gasteiger partial charge in [-0.05, 0) is 36.4 Å². The molecule has 0 saturated heterocycles. The number of nitrogens with one attached hydrogen (secondary N) is 3. The monoisotopic (exact) mass is 568 g/mol. The van der Waals surface area contributed by atoms with Crippen LogP contribution in [0.15, 0.2) is 48.9 Å². The first-order valence-corrected chi connectivity index (χ1v) is 11.8. The number of aliphatic hydroxyl groups excluding tert-OH is 1. The summed E-state index contributed by atoms with van der Waals surface area (Å²) >= 11 is 5.81. The van der Waals surface area contributed by atoms with E-state index < -0.39 is 48.8 Å². The summed E-state index contributed by atoms with van der Waals surface area (Å²) in [6.07, 6.45) is -6.24. The second kappa shape index (κ2) is 11.3. The average molecular weight is 569 g/mol. The molecule has 1 fully saturated rings. The minimum atomic E-state index is -5.03. The number of amides is 3. The largest absolute Gasteiger partial charge is 0.416 e. The SMILES string of the molecule is N=C(c1ccc(Cl)cc1)N(C[C@@H](O)C(F)(F)F)C(=O)NCc1ncn(-c2cccnc2C(=O)N[C@@H]2C[C@@H]2F)n1. The number of pyridine rings is 1. The van der Waals surface area contributed by atoms with Crippen LogP contribution >= 0.6 is 11.6 Å². The highest BCUT2D eigenvalue weighted by molar-refractivity contribution is 6.30. The molecule has 3 amide bonds. The Morgan fingerprint density at radius 1 is 1.23 bits per heavy atom. The van der Waals surface area contributed by atoms with E-state index in [9.17, 15) is 32.3 Å². The molecule has 206 valence electrons. The Labute approximate surface area is 223 Å². The fraction of sp³-hybridized carbons (Fsp3) is 0.304. The Bertz CT molecular complexity index is 1370. The summed E-state index contributed by atoms with van der Waals surface area (Å²) in [6, 6.07) is 6.82. The van der Waals surface area contributed by atoms with Crippen LogP contribution in [0, 0.1) is 5.41 Å². The van der Waals surface area contributed by atoms with Gasteiger partial charge in [-0.2, -0.15) is 13.2 Å². The quantitative estimate of drug-likeness (QED) is 0.186. The molecule has 1 saturated carbocycles. The lowest BCUT2D eigenvalue weighted by molar-refractivity contribution is -0.204. The number of alkyl halides is 4. The fourth-order valence-corrected chi connectivity index (χ4v) is 3.49. The van der Waals surface area contributed by atoms with Crippen molar-refractivity contribution >= 4 is 29.4 Å². The van der Waals surface area contributed by atoms with E-state index in [0.29, 0.717) is 9.92 Å². The zero-order valence-electron chi connectivity index (χ0n) is 19.9. The summed E-state index contributed by atoms with van der Waals surface area (Å²) in [4.78, 5) is 33.8. The summed E-state index contributed by atoms with van der Waals surface area (Å²) in [5, 5.41) is 27.1. The smallest absolute Gasteiger partial charge is 0.382 e. The zero-order valence-corrected chi connectivity index (χ0v) is 20.6. The van der Waals surface area contributed by atoms with E-state index >= 15 is 0 Å². The number of carbonyl (C=O) groups excluding carboxylic acids is 2. The zero-order chi connectivity index (χ0) is 28.3. The maximum Gasteiger partial charge on any atom is 0.416 e. The summed E-state index contributed by atoms with van der Waals surface area (Å²) in [6.45, 7) is -1.61. The molecule has 11 nitrogen and oxygen atoms in total. The second-order valence-corrected chi connectivity index (χ2v) is 8.93. The molecule has 0 radical (unpaired) electrons. The molecular formula is C23H21ClF4N8O3. The van der Waals surface area contributed by atoms with Crippen molar-refractivity contribution in [3.63, 3.8) is 0 Å². The van der Waals surface area contributed by atoms with Crippen molar-refractivity contribution in [3.05, 3.63) is 71.0 Å². The van der Waals surface area contributed by atoms with Crippen LogP contribution in [-0.2, 0) is 6.54 Å². The molecule has 1 aliphatic rings. The fourth-order valence-electron chi connectivity index (χ4n) is 3.37. The Morgan fingerprint density at radius 2 is 1.92 bits per heavy atom. The average Bonchev–Trinajstić information content (AvgIpc) is 3.38. The van der Waals surface area contributed by atoms with Crippen LogP contribution in [0.3, 0.4) is 0 Å². The molecular weight excluding hydrogens is 548 g/mol. The van der Waals surface area contributed by atoms with Crippen LogP contribution in [0.1, 0.15) is 28.3 Å². The molecule has 2 heterocycles. The molecule has 4 N–H and O–H groups in total. The van der Waals surface area contributed by atoms with E-state index in [4.69, 9.17) is 17.0 Å². The first-order valence-electron chi connectivity index (χ1n) is 11.4. The van der Waals surface area contributed by atoms with Crippen molar-refractivity contribution in [3.8, 4) is 5.69 Å². The number of benzene rings is 1. The molecule has 3 aromatic rings. The van der Waals surface area contributed by atoms with Crippen molar-refractivity contribution in [2.45, 2.75) is 37.5 Å². The highest BCUT2D eigenvalue weighted by Gasteiger charge is 2.41. The molecule has 3 atom stereocenters. The Hall–Kier alpha value is -4.11. The van der Waals surface area contributed by atoms with Crippen molar-refractivity contribution in [2.24, 2.45) is 0 Å². The topological polar surface area (TPSA) is 149 Å². The van der Waals surface area contributed by atoms with E-state index in [2.05, 4.69) is 25.7 Å². The molecule has 0 unspecified atom stereocenters. The first kappa shape index (κ1) is 27.9. The maximum atomic E-state index is 13.2. The van der Waals surface area contributed by atoms with Gasteiger partial charge in [-0.3, -0.25) is 15.1 Å². The van der Waals surface area contributed by atoms with Gasteiger partial charge in [0.1, 0.15) is 18.3 Å². The molecule has 39 heavy (non-hydrogen) atoms. The number of nitrogens with zero attached hydrogens (tertiary/aromatic N) is 5. The third kappa shape index (κ3) is 6.86. The van der Waals surface area contributed by atoms with Gasteiger partial charge in [-0.1, -0.05) is 11.6 Å². The van der Waals surface area contributed by atoms with Gasteiger partial charge in [0.05, 0.1) is 24.8 Å². The minimum absolute atomic E-state index is 0.0129. The van der Waals surface area contributed by atoms with Crippen LogP contribution in [-0.4, -0.2) is 78.6 Å². The Morgan fingerprint density at radius 3 is 2.56 bits per heavy atom. The van der Waals surface area contributed by atoms with Gasteiger partial charge in [-0.25, -0.2) is 23.8 Å². The summed E-state index contributed by atoms with van der Waals surface area (Å²) < 4.78 is 53.4. The number of hydrogen-bond donors (Lipinski definition) is 4.